The fraction of sp³-hybridized carbons (Fsp3) is 1.00. The maximum absolute atomic E-state index is 5.76. The van der Waals surface area contributed by atoms with Gasteiger partial charge >= 0.3 is 0 Å². The fourth-order valence-electron chi connectivity index (χ4n) is 2.16. The van der Waals surface area contributed by atoms with Crippen LogP contribution < -0.4 is 11.1 Å². The number of rotatable bonds is 4. The van der Waals surface area contributed by atoms with Crippen molar-refractivity contribution in [3.05, 3.63) is 0 Å². The SMILES string of the molecule is CNC(C1CCC1)C(C)(C)CN. The molecule has 1 saturated carbocycles. The zero-order chi connectivity index (χ0) is 9.19. The Hall–Kier alpha value is -0.0800. The van der Waals surface area contributed by atoms with Crippen molar-refractivity contribution in [2.45, 2.75) is 39.2 Å². The third-order valence-corrected chi connectivity index (χ3v) is 3.30. The number of nitrogens with one attached hydrogen (secondary N) is 1. The topological polar surface area (TPSA) is 38.0 Å². The Morgan fingerprint density at radius 3 is 2.33 bits per heavy atom. The molecule has 0 aromatic rings. The summed E-state index contributed by atoms with van der Waals surface area (Å²) < 4.78 is 0. The first kappa shape index (κ1) is 10.0. The van der Waals surface area contributed by atoms with Crippen LogP contribution in [0.2, 0.25) is 0 Å². The van der Waals surface area contributed by atoms with Gasteiger partial charge in [-0.2, -0.15) is 0 Å². The van der Waals surface area contributed by atoms with E-state index in [0.717, 1.165) is 12.5 Å². The Bertz CT molecular complexity index is 139. The summed E-state index contributed by atoms with van der Waals surface area (Å²) in [6.07, 6.45) is 4.17. The van der Waals surface area contributed by atoms with E-state index in [9.17, 15) is 0 Å². The van der Waals surface area contributed by atoms with Gasteiger partial charge in [0.1, 0.15) is 0 Å². The molecule has 0 radical (unpaired) electrons. The minimum Gasteiger partial charge on any atom is -0.330 e. The monoisotopic (exact) mass is 170 g/mol. The zero-order valence-electron chi connectivity index (χ0n) is 8.56. The van der Waals surface area contributed by atoms with Crippen LogP contribution >= 0.6 is 0 Å². The first-order valence-electron chi connectivity index (χ1n) is 4.99. The van der Waals surface area contributed by atoms with Gasteiger partial charge in [0.2, 0.25) is 0 Å². The van der Waals surface area contributed by atoms with E-state index in [0.29, 0.717) is 6.04 Å². The Balaban J connectivity index is 2.53. The summed E-state index contributed by atoms with van der Waals surface area (Å²) >= 11 is 0. The molecule has 12 heavy (non-hydrogen) atoms. The van der Waals surface area contributed by atoms with Gasteiger partial charge < -0.3 is 11.1 Å². The zero-order valence-corrected chi connectivity index (χ0v) is 8.56. The normalized spacial score (nSPS) is 22.0. The van der Waals surface area contributed by atoms with Crippen molar-refractivity contribution in [3.8, 4) is 0 Å². The average molecular weight is 170 g/mol. The minimum atomic E-state index is 0.250. The molecule has 1 unspecified atom stereocenters. The second-order valence-corrected chi connectivity index (χ2v) is 4.65. The van der Waals surface area contributed by atoms with E-state index in [2.05, 4.69) is 26.2 Å². The standard InChI is InChI=1S/C10H22N2/c1-10(2,7-11)9(12-3)8-5-4-6-8/h8-9,12H,4-7,11H2,1-3H3. The van der Waals surface area contributed by atoms with Gasteiger partial charge in [-0.1, -0.05) is 20.3 Å². The second kappa shape index (κ2) is 3.75. The van der Waals surface area contributed by atoms with Crippen molar-refractivity contribution in [2.75, 3.05) is 13.6 Å². The lowest BCUT2D eigenvalue weighted by Crippen LogP contribution is -2.51. The molecule has 0 amide bonds. The van der Waals surface area contributed by atoms with Gasteiger partial charge in [0.05, 0.1) is 0 Å². The first-order chi connectivity index (χ1) is 5.61. The molecule has 2 nitrogen and oxygen atoms in total. The lowest BCUT2D eigenvalue weighted by Gasteiger charge is -2.43. The van der Waals surface area contributed by atoms with Crippen molar-refractivity contribution in [1.29, 1.82) is 0 Å². The largest absolute Gasteiger partial charge is 0.330 e. The molecule has 0 saturated heterocycles. The van der Waals surface area contributed by atoms with Gasteiger partial charge in [0.25, 0.3) is 0 Å². The van der Waals surface area contributed by atoms with E-state index in [1.165, 1.54) is 19.3 Å². The Morgan fingerprint density at radius 2 is 2.08 bits per heavy atom. The summed E-state index contributed by atoms with van der Waals surface area (Å²) in [5.41, 5.74) is 6.01. The third kappa shape index (κ3) is 1.80. The quantitative estimate of drug-likeness (QED) is 0.668. The molecule has 1 fully saturated rings. The van der Waals surface area contributed by atoms with Gasteiger partial charge in [0.15, 0.2) is 0 Å². The van der Waals surface area contributed by atoms with Crippen LogP contribution in [-0.4, -0.2) is 19.6 Å². The maximum Gasteiger partial charge on any atom is 0.0155 e. The van der Waals surface area contributed by atoms with Crippen molar-refractivity contribution in [3.63, 3.8) is 0 Å². The van der Waals surface area contributed by atoms with Crippen LogP contribution in [0.3, 0.4) is 0 Å². The third-order valence-electron chi connectivity index (χ3n) is 3.30. The highest BCUT2D eigenvalue weighted by atomic mass is 14.9. The van der Waals surface area contributed by atoms with Crippen LogP contribution in [0, 0.1) is 11.3 Å². The Morgan fingerprint density at radius 1 is 1.50 bits per heavy atom. The highest BCUT2D eigenvalue weighted by molar-refractivity contribution is 4.92. The van der Waals surface area contributed by atoms with Gasteiger partial charge in [-0.15, -0.1) is 0 Å². The lowest BCUT2D eigenvalue weighted by molar-refractivity contribution is 0.130. The first-order valence-corrected chi connectivity index (χ1v) is 4.99. The molecule has 1 aliphatic carbocycles. The van der Waals surface area contributed by atoms with Crippen LogP contribution in [0.1, 0.15) is 33.1 Å². The predicted molar refractivity (Wildman–Crippen MR) is 53.0 cm³/mol. The van der Waals surface area contributed by atoms with Crippen LogP contribution in [0.4, 0.5) is 0 Å². The van der Waals surface area contributed by atoms with Crippen molar-refractivity contribution < 1.29 is 0 Å². The molecule has 2 heteroatoms. The summed E-state index contributed by atoms with van der Waals surface area (Å²) in [4.78, 5) is 0. The molecule has 0 aliphatic heterocycles. The highest BCUT2D eigenvalue weighted by Crippen LogP contribution is 2.36. The Kier molecular flexibility index (Phi) is 3.13. The summed E-state index contributed by atoms with van der Waals surface area (Å²) in [7, 11) is 2.06. The number of nitrogens with two attached hydrogens (primary N) is 1. The van der Waals surface area contributed by atoms with Crippen LogP contribution in [0.15, 0.2) is 0 Å². The second-order valence-electron chi connectivity index (χ2n) is 4.65. The van der Waals surface area contributed by atoms with E-state index in [1.807, 2.05) is 0 Å². The summed E-state index contributed by atoms with van der Waals surface area (Å²) in [6.45, 7) is 5.29. The molecule has 0 heterocycles. The minimum absolute atomic E-state index is 0.250. The van der Waals surface area contributed by atoms with E-state index in [-0.39, 0.29) is 5.41 Å². The van der Waals surface area contributed by atoms with E-state index in [1.54, 1.807) is 0 Å². The predicted octanol–water partition coefficient (Wildman–Crippen LogP) is 1.36. The maximum atomic E-state index is 5.76. The highest BCUT2D eigenvalue weighted by Gasteiger charge is 2.36. The van der Waals surface area contributed by atoms with E-state index in [4.69, 9.17) is 5.73 Å². The molecule has 0 aromatic carbocycles. The number of hydrogen-bond acceptors (Lipinski definition) is 2. The molecular weight excluding hydrogens is 148 g/mol. The van der Waals surface area contributed by atoms with Crippen molar-refractivity contribution in [1.82, 2.24) is 5.32 Å². The Labute approximate surface area is 75.9 Å². The molecule has 1 atom stereocenters. The molecule has 1 rings (SSSR count). The fourth-order valence-corrected chi connectivity index (χ4v) is 2.16. The molecule has 72 valence electrons. The van der Waals surface area contributed by atoms with Crippen LogP contribution in [0.5, 0.6) is 0 Å². The average Bonchev–Trinajstić information content (AvgIpc) is 1.96. The number of hydrogen-bond donors (Lipinski definition) is 2. The van der Waals surface area contributed by atoms with Gasteiger partial charge in [0, 0.05) is 6.04 Å². The molecule has 0 aromatic heterocycles. The summed E-state index contributed by atoms with van der Waals surface area (Å²) in [5.74, 6) is 0.869. The van der Waals surface area contributed by atoms with Gasteiger partial charge in [-0.25, -0.2) is 0 Å². The smallest absolute Gasteiger partial charge is 0.0155 e. The van der Waals surface area contributed by atoms with Gasteiger partial charge in [-0.05, 0) is 37.8 Å². The van der Waals surface area contributed by atoms with E-state index >= 15 is 0 Å². The summed E-state index contributed by atoms with van der Waals surface area (Å²) in [5, 5.41) is 3.42. The molecule has 1 aliphatic rings. The van der Waals surface area contributed by atoms with Crippen molar-refractivity contribution >= 4 is 0 Å². The van der Waals surface area contributed by atoms with Crippen molar-refractivity contribution in [2.24, 2.45) is 17.1 Å². The van der Waals surface area contributed by atoms with Crippen LogP contribution in [0.25, 0.3) is 0 Å². The van der Waals surface area contributed by atoms with Crippen LogP contribution in [-0.2, 0) is 0 Å². The molecule has 0 spiro atoms. The summed E-state index contributed by atoms with van der Waals surface area (Å²) in [6, 6.07) is 0.608. The van der Waals surface area contributed by atoms with E-state index < -0.39 is 0 Å². The van der Waals surface area contributed by atoms with Gasteiger partial charge in [-0.3, -0.25) is 0 Å². The molecule has 0 bridgehead atoms. The molecular formula is C10H22N2. The lowest BCUT2D eigenvalue weighted by atomic mass is 9.69. The molecule has 3 N–H and O–H groups in total.